The molecule has 178 valence electrons. The fourth-order valence-electron chi connectivity index (χ4n) is 4.30. The lowest BCUT2D eigenvalue weighted by Gasteiger charge is -2.42. The van der Waals surface area contributed by atoms with Crippen LogP contribution in [0, 0.1) is 12.8 Å². The second-order valence-electron chi connectivity index (χ2n) is 10.3. The Hall–Kier alpha value is -2.18. The third-order valence-electron chi connectivity index (χ3n) is 6.50. The van der Waals surface area contributed by atoms with Gasteiger partial charge in [-0.2, -0.15) is 0 Å². The number of ether oxygens (including phenoxy) is 1. The minimum atomic E-state index is -0.871. The van der Waals surface area contributed by atoms with Crippen molar-refractivity contribution in [1.29, 1.82) is 0 Å². The van der Waals surface area contributed by atoms with Crippen molar-refractivity contribution in [2.45, 2.75) is 88.6 Å². The van der Waals surface area contributed by atoms with Crippen LogP contribution in [0.3, 0.4) is 0 Å². The minimum absolute atomic E-state index is 0.00838. The molecule has 33 heavy (non-hydrogen) atoms. The number of hydrogen-bond acceptors (Lipinski definition) is 6. The van der Waals surface area contributed by atoms with Crippen LogP contribution in [0.5, 0.6) is 0 Å². The van der Waals surface area contributed by atoms with E-state index in [0.717, 1.165) is 27.3 Å². The van der Waals surface area contributed by atoms with Crippen molar-refractivity contribution in [3.05, 3.63) is 58.9 Å². The maximum atomic E-state index is 13.3. The Labute approximate surface area is 201 Å². The molecule has 1 aliphatic rings. The number of pyridine rings is 1. The first kappa shape index (κ1) is 25.4. The van der Waals surface area contributed by atoms with Gasteiger partial charge >= 0.3 is 5.97 Å². The number of nitrogens with zero attached hydrogens (tertiary/aromatic N) is 1. The van der Waals surface area contributed by atoms with Crippen LogP contribution in [-0.2, 0) is 32.8 Å². The van der Waals surface area contributed by atoms with Gasteiger partial charge < -0.3 is 9.84 Å². The summed E-state index contributed by atoms with van der Waals surface area (Å²) in [5.41, 5.74) is 2.74. The first-order valence-electron chi connectivity index (χ1n) is 11.5. The molecular formula is C27H35NO4S. The third kappa shape index (κ3) is 5.67. The van der Waals surface area contributed by atoms with Crippen molar-refractivity contribution in [3.63, 3.8) is 0 Å². The number of thioether (sulfide) groups is 1. The molecule has 0 bridgehead atoms. The van der Waals surface area contributed by atoms with E-state index in [0.29, 0.717) is 12.8 Å². The Morgan fingerprint density at radius 1 is 1.21 bits per heavy atom. The Bertz CT molecular complexity index is 1010. The second kappa shape index (κ2) is 9.98. The third-order valence-corrected chi connectivity index (χ3v) is 7.78. The zero-order valence-electron chi connectivity index (χ0n) is 20.5. The topological polar surface area (TPSA) is 76.5 Å². The summed E-state index contributed by atoms with van der Waals surface area (Å²) in [6.07, 6.45) is 3.21. The number of Topliss-reactive ketones (excluding diaryl/α,β-unsaturated/α-hetero) is 1. The number of benzene rings is 1. The van der Waals surface area contributed by atoms with Crippen molar-refractivity contribution < 1.29 is 19.4 Å². The van der Waals surface area contributed by atoms with Crippen molar-refractivity contribution in [2.24, 2.45) is 5.92 Å². The molecule has 1 aromatic carbocycles. The molecule has 6 heteroatoms. The molecule has 5 nitrogen and oxygen atoms in total. The Morgan fingerprint density at radius 3 is 2.45 bits per heavy atom. The number of cyclic esters (lactones) is 1. The van der Waals surface area contributed by atoms with Gasteiger partial charge in [-0.3, -0.25) is 14.6 Å². The van der Waals surface area contributed by atoms with Gasteiger partial charge in [0.25, 0.3) is 0 Å². The molecule has 0 radical (unpaired) electrons. The number of esters is 1. The number of rotatable bonds is 7. The van der Waals surface area contributed by atoms with E-state index in [1.807, 2.05) is 57.3 Å². The largest absolute Gasteiger partial charge is 0.457 e. The Kier molecular flexibility index (Phi) is 7.69. The number of ketones is 1. The SMILES string of the molecule is Cc1cc(SC2C(=O)CC(CCc3ccccc3CO)(C(C)C)OC2=O)c(C(C)(C)C)cn1. The van der Waals surface area contributed by atoms with Gasteiger partial charge in [-0.1, -0.05) is 58.9 Å². The van der Waals surface area contributed by atoms with Crippen molar-refractivity contribution in [2.75, 3.05) is 0 Å². The van der Waals surface area contributed by atoms with Crippen LogP contribution < -0.4 is 0 Å². The van der Waals surface area contributed by atoms with Gasteiger partial charge in [-0.15, -0.1) is 11.8 Å². The monoisotopic (exact) mass is 469 g/mol. The molecule has 0 aliphatic carbocycles. The summed E-state index contributed by atoms with van der Waals surface area (Å²) in [7, 11) is 0. The summed E-state index contributed by atoms with van der Waals surface area (Å²) in [5.74, 6) is -0.560. The summed E-state index contributed by atoms with van der Waals surface area (Å²) in [5, 5.41) is 8.77. The molecule has 2 atom stereocenters. The number of aliphatic hydroxyl groups excluding tert-OH is 1. The smallest absolute Gasteiger partial charge is 0.327 e. The molecule has 0 saturated carbocycles. The van der Waals surface area contributed by atoms with E-state index in [-0.39, 0.29) is 30.1 Å². The lowest BCUT2D eigenvalue weighted by atomic mass is 9.78. The zero-order valence-corrected chi connectivity index (χ0v) is 21.3. The van der Waals surface area contributed by atoms with E-state index >= 15 is 0 Å². The van der Waals surface area contributed by atoms with Crippen LogP contribution in [0.25, 0.3) is 0 Å². The van der Waals surface area contributed by atoms with E-state index in [1.165, 1.54) is 11.8 Å². The van der Waals surface area contributed by atoms with Crippen molar-refractivity contribution in [1.82, 2.24) is 4.98 Å². The quantitative estimate of drug-likeness (QED) is 0.445. The predicted molar refractivity (Wildman–Crippen MR) is 131 cm³/mol. The fourth-order valence-corrected chi connectivity index (χ4v) is 5.63. The lowest BCUT2D eigenvalue weighted by molar-refractivity contribution is -0.176. The summed E-state index contributed by atoms with van der Waals surface area (Å²) < 4.78 is 6.08. The number of aryl methyl sites for hydroxylation is 2. The predicted octanol–water partition coefficient (Wildman–Crippen LogP) is 5.18. The highest BCUT2D eigenvalue weighted by atomic mass is 32.2. The molecule has 0 amide bonds. The molecule has 1 fully saturated rings. The van der Waals surface area contributed by atoms with Gasteiger partial charge in [-0.05, 0) is 53.9 Å². The van der Waals surface area contributed by atoms with Gasteiger partial charge in [0, 0.05) is 23.2 Å². The Morgan fingerprint density at radius 2 is 1.88 bits per heavy atom. The molecule has 1 aliphatic heterocycles. The first-order valence-corrected chi connectivity index (χ1v) is 12.4. The van der Waals surface area contributed by atoms with Crippen LogP contribution in [0.4, 0.5) is 0 Å². The maximum Gasteiger partial charge on any atom is 0.327 e. The number of aliphatic hydroxyl groups is 1. The molecule has 3 rings (SSSR count). The van der Waals surface area contributed by atoms with Crippen molar-refractivity contribution >= 4 is 23.5 Å². The van der Waals surface area contributed by atoms with Gasteiger partial charge in [0.05, 0.1) is 6.61 Å². The molecule has 1 N–H and O–H groups in total. The average molecular weight is 470 g/mol. The highest BCUT2D eigenvalue weighted by Crippen LogP contribution is 2.42. The van der Waals surface area contributed by atoms with Crippen molar-refractivity contribution in [3.8, 4) is 0 Å². The van der Waals surface area contributed by atoms with Gasteiger partial charge in [0.15, 0.2) is 11.0 Å². The summed E-state index contributed by atoms with van der Waals surface area (Å²) >= 11 is 1.28. The second-order valence-corrected chi connectivity index (χ2v) is 11.4. The number of carbonyl (C=O) groups is 2. The fraction of sp³-hybridized carbons (Fsp3) is 0.519. The highest BCUT2D eigenvalue weighted by Gasteiger charge is 2.49. The van der Waals surface area contributed by atoms with Crippen LogP contribution in [0.15, 0.2) is 41.4 Å². The molecular weight excluding hydrogens is 434 g/mol. The molecule has 0 spiro atoms. The molecule has 2 aromatic rings. The maximum absolute atomic E-state index is 13.3. The zero-order chi connectivity index (χ0) is 24.4. The van der Waals surface area contributed by atoms with Crippen LogP contribution >= 0.6 is 11.8 Å². The van der Waals surface area contributed by atoms with Gasteiger partial charge in [0.2, 0.25) is 0 Å². The number of hydrogen-bond donors (Lipinski definition) is 1. The molecule has 1 saturated heterocycles. The number of aromatic nitrogens is 1. The number of carbonyl (C=O) groups excluding carboxylic acids is 2. The van der Waals surface area contributed by atoms with E-state index in [2.05, 4.69) is 25.8 Å². The van der Waals surface area contributed by atoms with Crippen LogP contribution in [0.2, 0.25) is 0 Å². The van der Waals surface area contributed by atoms with Gasteiger partial charge in [-0.25, -0.2) is 0 Å². The summed E-state index contributed by atoms with van der Waals surface area (Å²) in [4.78, 5) is 31.8. The van der Waals surface area contributed by atoms with E-state index in [4.69, 9.17) is 4.74 Å². The van der Waals surface area contributed by atoms with E-state index < -0.39 is 16.8 Å². The highest BCUT2D eigenvalue weighted by molar-refractivity contribution is 8.01. The Balaban J connectivity index is 1.82. The average Bonchev–Trinajstić information content (AvgIpc) is 2.74. The summed E-state index contributed by atoms with van der Waals surface area (Å²) in [6.45, 7) is 12.1. The summed E-state index contributed by atoms with van der Waals surface area (Å²) in [6, 6.07) is 9.65. The minimum Gasteiger partial charge on any atom is -0.457 e. The molecule has 2 heterocycles. The van der Waals surface area contributed by atoms with E-state index in [1.54, 1.807) is 0 Å². The van der Waals surface area contributed by atoms with Gasteiger partial charge in [0.1, 0.15) is 5.60 Å². The van der Waals surface area contributed by atoms with E-state index in [9.17, 15) is 14.7 Å². The normalized spacial score (nSPS) is 21.4. The first-order chi connectivity index (χ1) is 15.5. The molecule has 2 unspecified atom stereocenters. The van der Waals surface area contributed by atoms with Crippen LogP contribution in [0.1, 0.15) is 69.8 Å². The standard InChI is InChI=1S/C27H35NO4S/c1-17(2)27(12-11-19-9-7-8-10-20(19)16-29)14-22(30)24(25(31)32-27)33-23-13-18(3)28-15-21(23)26(4,5)6/h7-10,13,15,17,24,29H,11-12,14,16H2,1-6H3. The lowest BCUT2D eigenvalue weighted by Crippen LogP contribution is -2.52. The molecule has 1 aromatic heterocycles. The van der Waals surface area contributed by atoms with Crippen LogP contribution in [-0.4, -0.2) is 32.7 Å².